The highest BCUT2D eigenvalue weighted by atomic mass is 35.5. The first-order valence-corrected chi connectivity index (χ1v) is 8.09. The Morgan fingerprint density at radius 2 is 2.15 bits per heavy atom. The van der Waals surface area contributed by atoms with Gasteiger partial charge in [0.2, 0.25) is 0 Å². The van der Waals surface area contributed by atoms with E-state index in [1.54, 1.807) is 17.4 Å². The van der Waals surface area contributed by atoms with Gasteiger partial charge in [-0.15, -0.1) is 11.3 Å². The Labute approximate surface area is 128 Å². The van der Waals surface area contributed by atoms with Gasteiger partial charge in [0.15, 0.2) is 0 Å². The molecule has 1 unspecified atom stereocenters. The predicted octanol–water partition coefficient (Wildman–Crippen LogP) is 5.13. The van der Waals surface area contributed by atoms with E-state index in [0.717, 1.165) is 40.4 Å². The lowest BCUT2D eigenvalue weighted by molar-refractivity contribution is 0.535. The molecule has 2 aromatic rings. The zero-order chi connectivity index (χ0) is 14.5. The summed E-state index contributed by atoms with van der Waals surface area (Å²) in [4.78, 5) is 1.16. The van der Waals surface area contributed by atoms with Crippen LogP contribution in [-0.2, 0) is 6.42 Å². The fourth-order valence-corrected chi connectivity index (χ4v) is 3.50. The van der Waals surface area contributed by atoms with Crippen molar-refractivity contribution in [1.29, 1.82) is 0 Å². The van der Waals surface area contributed by atoms with Crippen LogP contribution in [-0.4, -0.2) is 6.54 Å². The quantitative estimate of drug-likeness (QED) is 0.779. The SMILES string of the molecule is CCCNC(Cc1ccc(F)cc1C)c1sccc1Cl. The lowest BCUT2D eigenvalue weighted by atomic mass is 10.00. The summed E-state index contributed by atoms with van der Waals surface area (Å²) in [5.74, 6) is -0.182. The first-order chi connectivity index (χ1) is 9.61. The molecule has 0 bridgehead atoms. The fraction of sp³-hybridized carbons (Fsp3) is 0.375. The van der Waals surface area contributed by atoms with Crippen molar-refractivity contribution in [1.82, 2.24) is 5.32 Å². The molecule has 1 heterocycles. The van der Waals surface area contributed by atoms with Crippen LogP contribution < -0.4 is 5.32 Å². The van der Waals surface area contributed by atoms with E-state index in [9.17, 15) is 4.39 Å². The van der Waals surface area contributed by atoms with Crippen molar-refractivity contribution in [3.05, 3.63) is 56.5 Å². The average Bonchev–Trinajstić information content (AvgIpc) is 2.83. The van der Waals surface area contributed by atoms with Crippen LogP contribution in [0.25, 0.3) is 0 Å². The molecule has 1 aromatic heterocycles. The second-order valence-electron chi connectivity index (χ2n) is 4.91. The maximum atomic E-state index is 13.2. The molecule has 1 aromatic carbocycles. The number of hydrogen-bond donors (Lipinski definition) is 1. The first-order valence-electron chi connectivity index (χ1n) is 6.83. The van der Waals surface area contributed by atoms with Gasteiger partial charge in [0.1, 0.15) is 5.82 Å². The van der Waals surface area contributed by atoms with Crippen LogP contribution in [0.1, 0.15) is 35.4 Å². The number of benzene rings is 1. The van der Waals surface area contributed by atoms with Crippen LogP contribution in [0.15, 0.2) is 29.6 Å². The number of aryl methyl sites for hydroxylation is 1. The molecule has 4 heteroatoms. The molecule has 1 atom stereocenters. The van der Waals surface area contributed by atoms with Crippen molar-refractivity contribution in [3.8, 4) is 0 Å². The molecule has 0 fully saturated rings. The van der Waals surface area contributed by atoms with Crippen molar-refractivity contribution in [2.45, 2.75) is 32.7 Å². The Hall–Kier alpha value is -0.900. The Morgan fingerprint density at radius 3 is 2.75 bits per heavy atom. The molecule has 0 spiro atoms. The zero-order valence-electron chi connectivity index (χ0n) is 11.7. The molecule has 0 saturated carbocycles. The molecule has 1 nitrogen and oxygen atoms in total. The van der Waals surface area contributed by atoms with E-state index in [1.807, 2.05) is 24.4 Å². The van der Waals surface area contributed by atoms with Gasteiger partial charge in [-0.2, -0.15) is 0 Å². The highest BCUT2D eigenvalue weighted by Gasteiger charge is 2.17. The van der Waals surface area contributed by atoms with Gasteiger partial charge in [-0.1, -0.05) is 24.6 Å². The van der Waals surface area contributed by atoms with Crippen LogP contribution in [0.5, 0.6) is 0 Å². The zero-order valence-corrected chi connectivity index (χ0v) is 13.3. The normalized spacial score (nSPS) is 12.6. The lowest BCUT2D eigenvalue weighted by Gasteiger charge is -2.19. The summed E-state index contributed by atoms with van der Waals surface area (Å²) in [6, 6.07) is 7.09. The molecule has 0 aliphatic rings. The third kappa shape index (κ3) is 3.81. The Balaban J connectivity index is 2.21. The van der Waals surface area contributed by atoms with Crippen LogP contribution >= 0.6 is 22.9 Å². The maximum absolute atomic E-state index is 13.2. The number of rotatable bonds is 6. The van der Waals surface area contributed by atoms with E-state index in [-0.39, 0.29) is 11.9 Å². The van der Waals surface area contributed by atoms with Crippen LogP contribution in [0.2, 0.25) is 5.02 Å². The summed E-state index contributed by atoms with van der Waals surface area (Å²) < 4.78 is 13.2. The van der Waals surface area contributed by atoms with Gasteiger partial charge >= 0.3 is 0 Å². The molecule has 0 saturated heterocycles. The molecular formula is C16H19ClFNS. The minimum Gasteiger partial charge on any atom is -0.309 e. The van der Waals surface area contributed by atoms with E-state index in [1.165, 1.54) is 6.07 Å². The van der Waals surface area contributed by atoms with E-state index in [2.05, 4.69) is 12.2 Å². The number of halogens is 2. The summed E-state index contributed by atoms with van der Waals surface area (Å²) in [5, 5.41) is 6.35. The standard InChI is InChI=1S/C16H19ClFNS/c1-3-7-19-15(16-14(17)6-8-20-16)10-12-4-5-13(18)9-11(12)2/h4-6,8-9,15,19H,3,7,10H2,1-2H3. The summed E-state index contributed by atoms with van der Waals surface area (Å²) in [6.45, 7) is 5.04. The number of thiophene rings is 1. The topological polar surface area (TPSA) is 12.0 Å². The monoisotopic (exact) mass is 311 g/mol. The Bertz CT molecular complexity index is 567. The van der Waals surface area contributed by atoms with Gasteiger partial charge in [0, 0.05) is 10.9 Å². The molecule has 108 valence electrons. The molecule has 2 rings (SSSR count). The second kappa shape index (κ2) is 7.21. The Morgan fingerprint density at radius 1 is 1.35 bits per heavy atom. The molecule has 0 aliphatic heterocycles. The van der Waals surface area contributed by atoms with Gasteiger partial charge in [0.25, 0.3) is 0 Å². The third-order valence-corrected chi connectivity index (χ3v) is 4.80. The third-order valence-electron chi connectivity index (χ3n) is 3.33. The maximum Gasteiger partial charge on any atom is 0.123 e. The van der Waals surface area contributed by atoms with Gasteiger partial charge < -0.3 is 5.32 Å². The van der Waals surface area contributed by atoms with Crippen molar-refractivity contribution < 1.29 is 4.39 Å². The molecule has 0 aliphatic carbocycles. The summed E-state index contributed by atoms with van der Waals surface area (Å²) >= 11 is 7.92. The van der Waals surface area contributed by atoms with Gasteiger partial charge in [-0.3, -0.25) is 0 Å². The van der Waals surface area contributed by atoms with Crippen molar-refractivity contribution in [3.63, 3.8) is 0 Å². The smallest absolute Gasteiger partial charge is 0.123 e. The fourth-order valence-electron chi connectivity index (χ4n) is 2.24. The molecule has 20 heavy (non-hydrogen) atoms. The predicted molar refractivity (Wildman–Crippen MR) is 85.2 cm³/mol. The van der Waals surface area contributed by atoms with E-state index >= 15 is 0 Å². The molecule has 0 radical (unpaired) electrons. The minimum absolute atomic E-state index is 0.182. The van der Waals surface area contributed by atoms with E-state index in [4.69, 9.17) is 11.6 Å². The summed E-state index contributed by atoms with van der Waals surface area (Å²) in [7, 11) is 0. The van der Waals surface area contributed by atoms with E-state index in [0.29, 0.717) is 0 Å². The van der Waals surface area contributed by atoms with Gasteiger partial charge in [0.05, 0.1) is 5.02 Å². The van der Waals surface area contributed by atoms with Crippen molar-refractivity contribution in [2.24, 2.45) is 0 Å². The lowest BCUT2D eigenvalue weighted by Crippen LogP contribution is -2.23. The Kier molecular flexibility index (Phi) is 5.58. The number of nitrogens with one attached hydrogen (secondary N) is 1. The first kappa shape index (κ1) is 15.5. The largest absolute Gasteiger partial charge is 0.309 e. The molecule has 1 N–H and O–H groups in total. The average molecular weight is 312 g/mol. The highest BCUT2D eigenvalue weighted by molar-refractivity contribution is 7.10. The van der Waals surface area contributed by atoms with Gasteiger partial charge in [-0.05, 0) is 61.0 Å². The summed E-state index contributed by atoms with van der Waals surface area (Å²) in [6.07, 6.45) is 1.90. The summed E-state index contributed by atoms with van der Waals surface area (Å²) in [5.41, 5.74) is 2.14. The molecule has 0 amide bonds. The van der Waals surface area contributed by atoms with Crippen molar-refractivity contribution in [2.75, 3.05) is 6.54 Å². The van der Waals surface area contributed by atoms with Gasteiger partial charge in [-0.25, -0.2) is 4.39 Å². The highest BCUT2D eigenvalue weighted by Crippen LogP contribution is 2.31. The number of hydrogen-bond acceptors (Lipinski definition) is 2. The van der Waals surface area contributed by atoms with Crippen LogP contribution in [0, 0.1) is 12.7 Å². The van der Waals surface area contributed by atoms with Crippen LogP contribution in [0.3, 0.4) is 0 Å². The second-order valence-corrected chi connectivity index (χ2v) is 6.27. The molecular weight excluding hydrogens is 293 g/mol. The minimum atomic E-state index is -0.182. The van der Waals surface area contributed by atoms with E-state index < -0.39 is 0 Å². The van der Waals surface area contributed by atoms with Crippen molar-refractivity contribution >= 4 is 22.9 Å². The van der Waals surface area contributed by atoms with Crippen LogP contribution in [0.4, 0.5) is 4.39 Å².